The van der Waals surface area contributed by atoms with Gasteiger partial charge in [0.1, 0.15) is 0 Å². The molecule has 0 rings (SSSR count). The fraction of sp³-hybridized carbons (Fsp3) is 0.636. The van der Waals surface area contributed by atoms with Crippen molar-refractivity contribution in [3.63, 3.8) is 0 Å². The first kappa shape index (κ1) is 18.3. The molecule has 0 spiro atoms. The van der Waals surface area contributed by atoms with E-state index in [-0.39, 0.29) is 0 Å². The maximum absolute atomic E-state index is 11.3. The highest BCUT2D eigenvalue weighted by Crippen LogP contribution is 2.16. The smallest absolute Gasteiger partial charge is 0.303 e. The van der Waals surface area contributed by atoms with Crippen molar-refractivity contribution in [1.29, 1.82) is 0 Å². The molecule has 0 fully saturated rings. The Balaban J connectivity index is 5.33. The lowest BCUT2D eigenvalue weighted by Crippen LogP contribution is -2.49. The summed E-state index contributed by atoms with van der Waals surface area (Å²) in [7, 11) is 0. The number of hydrogen-bond donors (Lipinski definition) is 1. The Bertz CT molecular complexity index is 394. The minimum atomic E-state index is -1.70. The minimum absolute atomic E-state index is 0.764. The molecule has 0 unspecified atom stereocenters. The van der Waals surface area contributed by atoms with Crippen LogP contribution >= 0.6 is 11.6 Å². The van der Waals surface area contributed by atoms with Crippen molar-refractivity contribution in [2.24, 2.45) is 0 Å². The van der Waals surface area contributed by atoms with Gasteiger partial charge in [0.25, 0.3) is 5.24 Å². The molecule has 0 aliphatic rings. The molecule has 9 heteroatoms. The first-order valence-electron chi connectivity index (χ1n) is 5.50. The van der Waals surface area contributed by atoms with E-state index in [1.807, 2.05) is 0 Å². The molecule has 0 aromatic rings. The Morgan fingerprint density at radius 1 is 0.950 bits per heavy atom. The van der Waals surface area contributed by atoms with E-state index in [1.165, 1.54) is 0 Å². The van der Waals surface area contributed by atoms with Crippen molar-refractivity contribution < 1.29 is 38.5 Å². The van der Waals surface area contributed by atoms with Crippen molar-refractivity contribution >= 4 is 34.8 Å². The molecule has 0 radical (unpaired) electrons. The van der Waals surface area contributed by atoms with Crippen molar-refractivity contribution in [2.45, 2.75) is 39.1 Å². The summed E-state index contributed by atoms with van der Waals surface area (Å²) in [4.78, 5) is 44.2. The average Bonchev–Trinajstić information content (AvgIpc) is 2.29. The van der Waals surface area contributed by atoms with Crippen LogP contribution in [0.25, 0.3) is 0 Å². The number of aliphatic hydroxyl groups excluding tert-OH is 1. The predicted octanol–water partition coefficient (Wildman–Crippen LogP) is -0.461. The minimum Gasteiger partial charge on any atom is -0.456 e. The van der Waals surface area contributed by atoms with E-state index in [0.29, 0.717) is 0 Å². The van der Waals surface area contributed by atoms with E-state index in [4.69, 9.17) is 26.2 Å². The molecular weight excluding hydrogens is 296 g/mol. The molecular formula is C11H15ClO8. The predicted molar refractivity (Wildman–Crippen MR) is 64.6 cm³/mol. The van der Waals surface area contributed by atoms with Crippen LogP contribution in [0.2, 0.25) is 0 Å². The van der Waals surface area contributed by atoms with Crippen molar-refractivity contribution in [2.75, 3.05) is 6.61 Å². The molecule has 0 aromatic heterocycles. The molecule has 0 saturated carbocycles. The second kappa shape index (κ2) is 8.49. The van der Waals surface area contributed by atoms with Crippen LogP contribution < -0.4 is 0 Å². The summed E-state index contributed by atoms with van der Waals surface area (Å²) in [6, 6.07) is 0. The highest BCUT2D eigenvalue weighted by molar-refractivity contribution is 6.64. The summed E-state index contributed by atoms with van der Waals surface area (Å²) in [6.07, 6.45) is -4.65. The van der Waals surface area contributed by atoms with E-state index in [0.717, 1.165) is 20.8 Å². The normalized spacial score (nSPS) is 14.7. The molecule has 0 bridgehead atoms. The number of esters is 3. The maximum atomic E-state index is 11.3. The molecule has 0 amide bonds. The summed E-state index contributed by atoms with van der Waals surface area (Å²) in [5, 5.41) is 8.02. The quantitative estimate of drug-likeness (QED) is 0.381. The summed E-state index contributed by atoms with van der Waals surface area (Å²) in [5.74, 6) is -2.49. The van der Waals surface area contributed by atoms with Crippen LogP contribution in [0.15, 0.2) is 0 Å². The number of rotatable bonds is 7. The zero-order valence-corrected chi connectivity index (χ0v) is 11.9. The summed E-state index contributed by atoms with van der Waals surface area (Å²) >= 11 is 5.27. The van der Waals surface area contributed by atoms with Gasteiger partial charge in [0, 0.05) is 20.8 Å². The third-order valence-corrected chi connectivity index (χ3v) is 2.20. The summed E-state index contributed by atoms with van der Waals surface area (Å²) < 4.78 is 14.1. The van der Waals surface area contributed by atoms with E-state index < -0.39 is 48.1 Å². The highest BCUT2D eigenvalue weighted by atomic mass is 35.5. The number of aliphatic hydroxyl groups is 1. The average molecular weight is 311 g/mol. The lowest BCUT2D eigenvalue weighted by Gasteiger charge is -2.28. The van der Waals surface area contributed by atoms with Crippen LogP contribution in [0, 0.1) is 0 Å². The lowest BCUT2D eigenvalue weighted by molar-refractivity contribution is -0.186. The van der Waals surface area contributed by atoms with Gasteiger partial charge in [0.2, 0.25) is 6.10 Å². The Morgan fingerprint density at radius 2 is 1.40 bits per heavy atom. The van der Waals surface area contributed by atoms with E-state index >= 15 is 0 Å². The molecule has 114 valence electrons. The van der Waals surface area contributed by atoms with Gasteiger partial charge in [-0.2, -0.15) is 0 Å². The molecule has 0 aromatic carbocycles. The lowest BCUT2D eigenvalue weighted by atomic mass is 10.1. The first-order valence-corrected chi connectivity index (χ1v) is 5.88. The van der Waals surface area contributed by atoms with Gasteiger partial charge in [0.15, 0.2) is 12.2 Å². The van der Waals surface area contributed by atoms with Gasteiger partial charge in [-0.05, 0) is 11.6 Å². The molecule has 0 aliphatic carbocycles. The SMILES string of the molecule is CC(=O)O[C@@H]([C@@H](CO)OC(C)=O)[C@@H](OC(C)=O)C(=O)Cl. The highest BCUT2D eigenvalue weighted by Gasteiger charge is 2.40. The van der Waals surface area contributed by atoms with Crippen LogP contribution in [-0.2, 0) is 33.4 Å². The molecule has 20 heavy (non-hydrogen) atoms. The number of hydrogen-bond acceptors (Lipinski definition) is 8. The Morgan fingerprint density at radius 3 is 1.70 bits per heavy atom. The van der Waals surface area contributed by atoms with Gasteiger partial charge in [0.05, 0.1) is 6.61 Å². The fourth-order valence-corrected chi connectivity index (χ4v) is 1.54. The van der Waals surface area contributed by atoms with E-state index in [9.17, 15) is 19.2 Å². The van der Waals surface area contributed by atoms with Gasteiger partial charge in [-0.1, -0.05) is 0 Å². The zero-order chi connectivity index (χ0) is 15.9. The van der Waals surface area contributed by atoms with E-state index in [1.54, 1.807) is 0 Å². The third kappa shape index (κ3) is 6.48. The van der Waals surface area contributed by atoms with Gasteiger partial charge < -0.3 is 19.3 Å². The summed E-state index contributed by atoms with van der Waals surface area (Å²) in [6.45, 7) is 2.33. The molecule has 3 atom stereocenters. The van der Waals surface area contributed by atoms with Crippen LogP contribution in [0.5, 0.6) is 0 Å². The monoisotopic (exact) mass is 310 g/mol. The van der Waals surface area contributed by atoms with Crippen LogP contribution in [0.4, 0.5) is 0 Å². The van der Waals surface area contributed by atoms with Crippen LogP contribution in [-0.4, -0.2) is 53.2 Å². The first-order chi connectivity index (χ1) is 9.18. The summed E-state index contributed by atoms with van der Waals surface area (Å²) in [5.41, 5.74) is 0. The van der Waals surface area contributed by atoms with Gasteiger partial charge >= 0.3 is 17.9 Å². The van der Waals surface area contributed by atoms with Crippen molar-refractivity contribution in [3.8, 4) is 0 Å². The second-order valence-corrected chi connectivity index (χ2v) is 4.11. The van der Waals surface area contributed by atoms with E-state index in [2.05, 4.69) is 4.74 Å². The molecule has 0 aliphatic heterocycles. The molecule has 8 nitrogen and oxygen atoms in total. The number of carbonyl (C=O) groups is 4. The van der Waals surface area contributed by atoms with Gasteiger partial charge in [-0.25, -0.2) is 0 Å². The number of halogens is 1. The Hall–Kier alpha value is -1.67. The standard InChI is InChI=1S/C11H15ClO8/c1-5(14)18-8(4-13)9(19-6(2)15)10(11(12)17)20-7(3)16/h8-10,13H,4H2,1-3H3/t8-,9+,10-/m1/s1. The largest absolute Gasteiger partial charge is 0.456 e. The van der Waals surface area contributed by atoms with Crippen molar-refractivity contribution in [3.05, 3.63) is 0 Å². The third-order valence-electron chi connectivity index (χ3n) is 1.98. The molecule has 0 heterocycles. The Kier molecular flexibility index (Phi) is 7.78. The fourth-order valence-electron chi connectivity index (χ4n) is 1.37. The zero-order valence-electron chi connectivity index (χ0n) is 11.1. The van der Waals surface area contributed by atoms with Crippen LogP contribution in [0.3, 0.4) is 0 Å². The van der Waals surface area contributed by atoms with Crippen molar-refractivity contribution in [1.82, 2.24) is 0 Å². The maximum Gasteiger partial charge on any atom is 0.303 e. The van der Waals surface area contributed by atoms with Gasteiger partial charge in [-0.3, -0.25) is 19.2 Å². The Labute approximate surface area is 119 Å². The topological polar surface area (TPSA) is 116 Å². The van der Waals surface area contributed by atoms with Gasteiger partial charge in [-0.15, -0.1) is 0 Å². The second-order valence-electron chi connectivity index (χ2n) is 3.74. The van der Waals surface area contributed by atoms with Crippen LogP contribution in [0.1, 0.15) is 20.8 Å². The number of ether oxygens (including phenoxy) is 3. The molecule has 1 N–H and O–H groups in total. The molecule has 0 saturated heterocycles. The number of carbonyl (C=O) groups excluding carboxylic acids is 4.